The van der Waals surface area contributed by atoms with Crippen molar-refractivity contribution < 1.29 is 17.7 Å². The molecule has 3 aromatic rings. The van der Waals surface area contributed by atoms with Crippen LogP contribution in [-0.2, 0) is 15.7 Å². The summed E-state index contributed by atoms with van der Waals surface area (Å²) < 4.78 is 54.4. The van der Waals surface area contributed by atoms with Crippen molar-refractivity contribution in [3.05, 3.63) is 71.0 Å². The summed E-state index contributed by atoms with van der Waals surface area (Å²) in [4.78, 5) is 13.1. The van der Waals surface area contributed by atoms with Gasteiger partial charge >= 0.3 is 0 Å². The molecule has 0 spiro atoms. The number of aromatic nitrogens is 3. The van der Waals surface area contributed by atoms with Crippen molar-refractivity contribution in [3.8, 4) is 16.8 Å². The average molecular weight is 595 g/mol. The fourth-order valence-corrected chi connectivity index (χ4v) is 7.08. The first-order valence-electron chi connectivity index (χ1n) is 14.5. The van der Waals surface area contributed by atoms with Gasteiger partial charge in [-0.25, -0.2) is 23.0 Å². The lowest BCUT2D eigenvalue weighted by Gasteiger charge is -2.37. The number of nitrogens with one attached hydrogen (secondary N) is 1. The summed E-state index contributed by atoms with van der Waals surface area (Å²) in [5.74, 6) is -1.17. The van der Waals surface area contributed by atoms with Gasteiger partial charge in [0.15, 0.2) is 5.82 Å². The van der Waals surface area contributed by atoms with E-state index in [1.54, 1.807) is 23.2 Å². The van der Waals surface area contributed by atoms with Gasteiger partial charge in [0, 0.05) is 79.3 Å². The number of fused-ring (bicyclic) bond motifs is 1. The minimum Gasteiger partial charge on any atom is -0.377 e. The van der Waals surface area contributed by atoms with Crippen LogP contribution in [0.3, 0.4) is 0 Å². The molecular formula is C31H36F2N6O2S. The lowest BCUT2D eigenvalue weighted by molar-refractivity contribution is 0.128. The van der Waals surface area contributed by atoms with Crippen molar-refractivity contribution in [3.63, 3.8) is 0 Å². The normalized spacial score (nSPS) is 21.6. The van der Waals surface area contributed by atoms with Crippen molar-refractivity contribution in [1.82, 2.24) is 24.3 Å². The van der Waals surface area contributed by atoms with Crippen LogP contribution in [0.1, 0.15) is 26.2 Å². The number of anilines is 1. The second-order valence-electron chi connectivity index (χ2n) is 11.1. The van der Waals surface area contributed by atoms with Crippen molar-refractivity contribution in [1.29, 1.82) is 0 Å². The lowest BCUT2D eigenvalue weighted by atomic mass is 9.98. The van der Waals surface area contributed by atoms with E-state index in [9.17, 15) is 4.21 Å². The van der Waals surface area contributed by atoms with E-state index in [4.69, 9.17) is 4.74 Å². The number of benzene rings is 1. The Bertz CT molecular complexity index is 1610. The summed E-state index contributed by atoms with van der Waals surface area (Å²) in [5.41, 5.74) is 2.48. The zero-order valence-corrected chi connectivity index (χ0v) is 24.7. The van der Waals surface area contributed by atoms with Crippen molar-refractivity contribution in [2.75, 3.05) is 50.3 Å². The van der Waals surface area contributed by atoms with Gasteiger partial charge in [0.05, 0.1) is 22.9 Å². The Morgan fingerprint density at radius 1 is 1.12 bits per heavy atom. The van der Waals surface area contributed by atoms with E-state index in [0.717, 1.165) is 61.8 Å². The quantitative estimate of drug-likeness (QED) is 0.432. The van der Waals surface area contributed by atoms with Crippen LogP contribution < -0.4 is 15.3 Å². The highest BCUT2D eigenvalue weighted by atomic mass is 32.2. The minimum absolute atomic E-state index is 0.0209. The van der Waals surface area contributed by atoms with Gasteiger partial charge in [0.1, 0.15) is 28.8 Å². The molecule has 2 aromatic heterocycles. The van der Waals surface area contributed by atoms with Gasteiger partial charge < -0.3 is 23.8 Å². The molecule has 1 N–H and O–H groups in total. The highest BCUT2D eigenvalue weighted by Gasteiger charge is 2.25. The Labute approximate surface area is 247 Å². The summed E-state index contributed by atoms with van der Waals surface area (Å²) in [6.45, 7) is 6.59. The number of ether oxygens (including phenoxy) is 1. The fourth-order valence-electron chi connectivity index (χ4n) is 5.99. The number of halogens is 2. The molecule has 42 heavy (non-hydrogen) atoms. The van der Waals surface area contributed by atoms with Crippen LogP contribution >= 0.6 is 0 Å². The Hall–Kier alpha value is -3.41. The maximum Gasteiger partial charge on any atom is 0.174 e. The van der Waals surface area contributed by atoms with Crippen molar-refractivity contribution >= 4 is 28.8 Å². The molecule has 1 aliphatic carbocycles. The van der Waals surface area contributed by atoms with Gasteiger partial charge in [-0.05, 0) is 50.6 Å². The average Bonchev–Trinajstić information content (AvgIpc) is 3.58. The third-order valence-corrected chi connectivity index (χ3v) is 9.44. The zero-order chi connectivity index (χ0) is 29.2. The Kier molecular flexibility index (Phi) is 8.50. The molecule has 3 unspecified atom stereocenters. The van der Waals surface area contributed by atoms with Crippen molar-refractivity contribution in [2.45, 2.75) is 32.3 Å². The molecule has 2 fully saturated rings. The first-order valence-corrected chi connectivity index (χ1v) is 15.8. The molecule has 2 saturated heterocycles. The molecule has 8 nitrogen and oxygen atoms in total. The number of hydrogen-bond donors (Lipinski definition) is 1. The lowest BCUT2D eigenvalue weighted by Crippen LogP contribution is -2.44. The Morgan fingerprint density at radius 3 is 2.62 bits per heavy atom. The zero-order valence-electron chi connectivity index (χ0n) is 23.9. The number of rotatable bonds is 8. The molecule has 3 atom stereocenters. The summed E-state index contributed by atoms with van der Waals surface area (Å²) in [7, 11) is 0.547. The van der Waals surface area contributed by atoms with Crippen LogP contribution in [0.4, 0.5) is 14.5 Å². The Morgan fingerprint density at radius 2 is 1.90 bits per heavy atom. The van der Waals surface area contributed by atoms with Gasteiger partial charge in [0.2, 0.25) is 0 Å². The Balaban J connectivity index is 1.47. The fraction of sp³-hybridized carbons (Fsp3) is 0.419. The van der Waals surface area contributed by atoms with E-state index < -0.39 is 22.6 Å². The summed E-state index contributed by atoms with van der Waals surface area (Å²) >= 11 is 0. The number of nitrogens with zero attached hydrogens (tertiary/aromatic N) is 5. The maximum atomic E-state index is 16.2. The van der Waals surface area contributed by atoms with Gasteiger partial charge in [-0.1, -0.05) is 13.0 Å². The largest absolute Gasteiger partial charge is 0.377 e. The van der Waals surface area contributed by atoms with Gasteiger partial charge in [-0.3, -0.25) is 0 Å². The van der Waals surface area contributed by atoms with Crippen LogP contribution in [0, 0.1) is 17.6 Å². The number of allylic oxidation sites excluding steroid dienone is 2. The van der Waals surface area contributed by atoms with E-state index in [2.05, 4.69) is 50.6 Å². The molecule has 11 heteroatoms. The van der Waals surface area contributed by atoms with Gasteiger partial charge in [-0.2, -0.15) is 0 Å². The van der Waals surface area contributed by atoms with E-state index in [1.165, 1.54) is 24.2 Å². The standard InChI is InChI=1S/C31H36F2N6O2S/c1-3-21-15-24-25(22-16-34-20-35-17-22)18-39(29(24)9-8-28(21)38-12-10-37(2)11-13-38)31-26(32)6-7-27(30(31)33)36-42(40)19-23-5-4-14-41-23/h6-9,15-18,20-21,23,36H,3-5,10-14,19H2,1-2H3. The maximum absolute atomic E-state index is 16.2. The SMILES string of the molecule is CCC1C=c2c(-c3cncnc3)cn(-c3c(F)ccc(NS(=O)CC4CCCO4)c3F)c2=CC=C1N1CCN(C)CC1. The molecule has 4 heterocycles. The van der Waals surface area contributed by atoms with E-state index in [0.29, 0.717) is 12.0 Å². The van der Waals surface area contributed by atoms with Crippen LogP contribution in [0.25, 0.3) is 29.0 Å². The molecule has 0 saturated carbocycles. The number of hydrogen-bond acceptors (Lipinski definition) is 6. The van der Waals surface area contributed by atoms with Gasteiger partial charge in [-0.15, -0.1) is 0 Å². The molecule has 3 aliphatic rings. The number of piperazine rings is 1. The second-order valence-corrected chi connectivity index (χ2v) is 12.3. The second kappa shape index (κ2) is 12.4. The third kappa shape index (κ3) is 5.77. The predicted molar refractivity (Wildman–Crippen MR) is 161 cm³/mol. The highest BCUT2D eigenvalue weighted by molar-refractivity contribution is 7.86. The molecule has 2 aliphatic heterocycles. The van der Waals surface area contributed by atoms with E-state index >= 15 is 8.78 Å². The molecule has 0 bridgehead atoms. The van der Waals surface area contributed by atoms with E-state index in [-0.39, 0.29) is 29.1 Å². The summed E-state index contributed by atoms with van der Waals surface area (Å²) in [6.07, 6.45) is 15.4. The van der Waals surface area contributed by atoms with Crippen LogP contribution in [0.15, 0.2) is 48.8 Å². The number of likely N-dealkylation sites (N-methyl/N-ethyl adjacent to an activating group) is 1. The minimum atomic E-state index is -1.58. The van der Waals surface area contributed by atoms with Crippen LogP contribution in [-0.4, -0.2) is 80.2 Å². The monoisotopic (exact) mass is 594 g/mol. The third-order valence-electron chi connectivity index (χ3n) is 8.32. The molecular weight excluding hydrogens is 558 g/mol. The highest BCUT2D eigenvalue weighted by Crippen LogP contribution is 2.28. The predicted octanol–water partition coefficient (Wildman–Crippen LogP) is 3.20. The molecule has 6 rings (SSSR count). The smallest absolute Gasteiger partial charge is 0.174 e. The first-order chi connectivity index (χ1) is 20.4. The molecule has 1 aromatic carbocycles. The molecule has 0 radical (unpaired) electrons. The van der Waals surface area contributed by atoms with E-state index in [1.807, 2.05) is 6.08 Å². The first kappa shape index (κ1) is 28.7. The van der Waals surface area contributed by atoms with Crippen molar-refractivity contribution in [2.24, 2.45) is 5.92 Å². The van der Waals surface area contributed by atoms with Crippen LogP contribution in [0.2, 0.25) is 0 Å². The van der Waals surface area contributed by atoms with Crippen LogP contribution in [0.5, 0.6) is 0 Å². The molecule has 222 valence electrons. The summed E-state index contributed by atoms with van der Waals surface area (Å²) in [6, 6.07) is 2.51. The topological polar surface area (TPSA) is 75.5 Å². The summed E-state index contributed by atoms with van der Waals surface area (Å²) in [5, 5.41) is 1.53. The molecule has 0 amide bonds. The van der Waals surface area contributed by atoms with Gasteiger partial charge in [0.25, 0.3) is 0 Å².